The first kappa shape index (κ1) is 29.2. The van der Waals surface area contributed by atoms with E-state index in [1.54, 1.807) is 0 Å². The summed E-state index contributed by atoms with van der Waals surface area (Å²) in [5.41, 5.74) is 13.7. The van der Waals surface area contributed by atoms with E-state index in [9.17, 15) is 4.79 Å². The second-order valence-electron chi connectivity index (χ2n) is 10.7. The molecule has 3 aromatic rings. The fourth-order valence-corrected chi connectivity index (χ4v) is 5.71. The average molecular weight is 534 g/mol. The van der Waals surface area contributed by atoms with Gasteiger partial charge in [-0.3, -0.25) is 9.69 Å². The summed E-state index contributed by atoms with van der Waals surface area (Å²) >= 11 is 0. The number of nitrogens with zero attached hydrogens (tertiary/aromatic N) is 2. The number of hydrogen-bond donors (Lipinski definition) is 3. The summed E-state index contributed by atoms with van der Waals surface area (Å²) in [6, 6.07) is 13.0. The number of halogens is 1. The first-order valence-electron chi connectivity index (χ1n) is 12.9. The van der Waals surface area contributed by atoms with E-state index in [0.717, 1.165) is 39.2 Å². The van der Waals surface area contributed by atoms with Crippen LogP contribution >= 0.6 is 0 Å². The molecule has 0 bridgehead atoms. The predicted molar refractivity (Wildman–Crippen MR) is 155 cm³/mol. The van der Waals surface area contributed by atoms with Crippen LogP contribution in [-0.4, -0.2) is 25.1 Å². The Labute approximate surface area is 233 Å². The summed E-state index contributed by atoms with van der Waals surface area (Å²) in [5.74, 6) is 0.714. The van der Waals surface area contributed by atoms with Gasteiger partial charge in [-0.2, -0.15) is 5.01 Å². The fraction of sp³-hybridized carbons (Fsp3) is 0.355. The van der Waals surface area contributed by atoms with Gasteiger partial charge in [0.15, 0.2) is 13.2 Å². The van der Waals surface area contributed by atoms with Gasteiger partial charge in [-0.05, 0) is 101 Å². The highest BCUT2D eigenvalue weighted by Crippen LogP contribution is 2.29. The van der Waals surface area contributed by atoms with Crippen molar-refractivity contribution in [2.75, 3.05) is 28.7 Å². The standard InChI is InChI=1S/C31H39N5O.ClH/c1-18-10-21(4)28(22(5)11-18)32-27(37)16-35-17-36(30-25(8)14-20(3)15-26(30)9)31(34-35)33-29-23(6)12-19(2)13-24(29)7;/h10-15H,16-17H2,1-9H3,(H,32,37)(H,33,34);1H. The van der Waals surface area contributed by atoms with Crippen LogP contribution in [0.1, 0.15) is 50.1 Å². The molecule has 0 radical (unpaired) electrons. The molecule has 3 N–H and O–H groups in total. The van der Waals surface area contributed by atoms with Crippen LogP contribution < -0.4 is 32.9 Å². The molecule has 0 aliphatic carbocycles. The van der Waals surface area contributed by atoms with Crippen LogP contribution in [0, 0.1) is 62.3 Å². The van der Waals surface area contributed by atoms with Crippen molar-refractivity contribution < 1.29 is 22.2 Å². The molecule has 0 saturated heterocycles. The Morgan fingerprint density at radius 1 is 0.737 bits per heavy atom. The molecule has 1 atom stereocenters. The summed E-state index contributed by atoms with van der Waals surface area (Å²) in [5, 5.41) is 12.6. The van der Waals surface area contributed by atoms with Gasteiger partial charge in [-0.1, -0.05) is 53.1 Å². The molecule has 1 heterocycles. The van der Waals surface area contributed by atoms with Crippen LogP contribution in [-0.2, 0) is 4.79 Å². The second kappa shape index (κ2) is 11.6. The van der Waals surface area contributed by atoms with Crippen molar-refractivity contribution >= 4 is 28.9 Å². The molecular formula is C31H40ClN5O. The predicted octanol–water partition coefficient (Wildman–Crippen LogP) is 2.15. The molecule has 0 aromatic heterocycles. The molecule has 1 aliphatic rings. The largest absolute Gasteiger partial charge is 1.00 e. The van der Waals surface area contributed by atoms with E-state index in [1.165, 1.54) is 38.9 Å². The molecule has 202 valence electrons. The minimum absolute atomic E-state index is 0. The molecule has 6 nitrogen and oxygen atoms in total. The normalized spacial score (nSPS) is 14.7. The second-order valence-corrected chi connectivity index (χ2v) is 10.7. The number of aryl methyl sites for hydroxylation is 9. The Hall–Kier alpha value is -3.35. The molecule has 4 rings (SSSR count). The zero-order chi connectivity index (χ0) is 27.0. The molecule has 38 heavy (non-hydrogen) atoms. The number of carbonyl (C=O) groups is 1. The quantitative estimate of drug-likeness (QED) is 0.471. The number of anilines is 3. The maximum Gasteiger partial charge on any atom is 0.282 e. The van der Waals surface area contributed by atoms with Gasteiger partial charge in [0.2, 0.25) is 0 Å². The van der Waals surface area contributed by atoms with E-state index in [-0.39, 0.29) is 24.9 Å². The monoisotopic (exact) mass is 533 g/mol. The van der Waals surface area contributed by atoms with Crippen molar-refractivity contribution in [1.29, 1.82) is 0 Å². The van der Waals surface area contributed by atoms with Gasteiger partial charge in [0, 0.05) is 11.4 Å². The van der Waals surface area contributed by atoms with E-state index in [1.807, 2.05) is 13.8 Å². The Balaban J connectivity index is 0.00000400. The lowest BCUT2D eigenvalue weighted by Gasteiger charge is -2.24. The van der Waals surface area contributed by atoms with Crippen molar-refractivity contribution in [3.8, 4) is 0 Å². The van der Waals surface area contributed by atoms with Gasteiger partial charge in [-0.25, -0.2) is 0 Å². The molecule has 0 spiro atoms. The number of quaternary nitrogens is 1. The highest BCUT2D eigenvalue weighted by molar-refractivity contribution is 6.07. The minimum Gasteiger partial charge on any atom is -1.00 e. The lowest BCUT2D eigenvalue weighted by molar-refractivity contribution is -0.892. The van der Waals surface area contributed by atoms with Gasteiger partial charge >= 0.3 is 0 Å². The third-order valence-corrected chi connectivity index (χ3v) is 6.99. The Morgan fingerprint density at radius 2 is 1.16 bits per heavy atom. The highest BCUT2D eigenvalue weighted by Gasteiger charge is 2.33. The molecule has 0 saturated carbocycles. The minimum atomic E-state index is -0.0462. The Morgan fingerprint density at radius 3 is 1.63 bits per heavy atom. The first-order chi connectivity index (χ1) is 17.4. The smallest absolute Gasteiger partial charge is 0.282 e. The van der Waals surface area contributed by atoms with Crippen LogP contribution in [0.2, 0.25) is 0 Å². The van der Waals surface area contributed by atoms with Gasteiger partial charge in [0.25, 0.3) is 11.9 Å². The van der Waals surface area contributed by atoms with Crippen LogP contribution in [0.15, 0.2) is 41.5 Å². The van der Waals surface area contributed by atoms with E-state index in [2.05, 4.69) is 100 Å². The molecule has 3 aromatic carbocycles. The Kier molecular flexibility index (Phi) is 8.90. The zero-order valence-corrected chi connectivity index (χ0v) is 24.8. The number of benzene rings is 3. The number of guanidine groups is 1. The van der Waals surface area contributed by atoms with Crippen LogP contribution in [0.5, 0.6) is 0 Å². The fourth-order valence-electron chi connectivity index (χ4n) is 5.71. The van der Waals surface area contributed by atoms with Gasteiger partial charge in [0.1, 0.15) is 0 Å². The zero-order valence-electron chi connectivity index (χ0n) is 24.1. The van der Waals surface area contributed by atoms with E-state index < -0.39 is 0 Å². The highest BCUT2D eigenvalue weighted by atomic mass is 35.5. The van der Waals surface area contributed by atoms with Crippen LogP contribution in [0.3, 0.4) is 0 Å². The number of carbonyl (C=O) groups excluding carboxylic acids is 1. The molecule has 7 heteroatoms. The molecule has 1 unspecified atom stereocenters. The number of nitrogens with one attached hydrogen (secondary N) is 3. The third-order valence-electron chi connectivity index (χ3n) is 6.99. The van der Waals surface area contributed by atoms with E-state index in [4.69, 9.17) is 5.10 Å². The average Bonchev–Trinajstić information content (AvgIpc) is 3.14. The molecule has 1 aliphatic heterocycles. The molecule has 1 amide bonds. The summed E-state index contributed by atoms with van der Waals surface area (Å²) in [7, 11) is 0. The summed E-state index contributed by atoms with van der Waals surface area (Å²) < 4.78 is 0. The van der Waals surface area contributed by atoms with E-state index >= 15 is 0 Å². The lowest BCUT2D eigenvalue weighted by atomic mass is 10.0. The summed E-state index contributed by atoms with van der Waals surface area (Å²) in [6.07, 6.45) is 0. The van der Waals surface area contributed by atoms with Crippen molar-refractivity contribution in [2.45, 2.75) is 62.3 Å². The lowest BCUT2D eigenvalue weighted by Crippen LogP contribution is -3.08. The van der Waals surface area contributed by atoms with Crippen molar-refractivity contribution in [1.82, 2.24) is 0 Å². The van der Waals surface area contributed by atoms with Crippen molar-refractivity contribution in [2.24, 2.45) is 5.10 Å². The molecule has 0 fully saturated rings. The number of hydrogen-bond acceptors (Lipinski definition) is 4. The van der Waals surface area contributed by atoms with Crippen molar-refractivity contribution in [3.05, 3.63) is 86.5 Å². The topological polar surface area (TPSA) is 61.2 Å². The van der Waals surface area contributed by atoms with Crippen LogP contribution in [0.25, 0.3) is 0 Å². The van der Waals surface area contributed by atoms with Crippen LogP contribution in [0.4, 0.5) is 17.1 Å². The maximum absolute atomic E-state index is 13.2. The maximum atomic E-state index is 13.2. The van der Waals surface area contributed by atoms with Crippen molar-refractivity contribution in [3.63, 3.8) is 0 Å². The SMILES string of the molecule is Cc1cc(C)c(NC(=O)C[NH+]2CN(c3c(C)cc(C)cc3C)C(Nc3c(C)cc(C)cc3C)=N2)c(C)c1.[Cl-]. The van der Waals surface area contributed by atoms with Gasteiger partial charge in [-0.15, -0.1) is 0 Å². The van der Waals surface area contributed by atoms with Gasteiger partial charge < -0.3 is 23.0 Å². The number of amides is 1. The summed E-state index contributed by atoms with van der Waals surface area (Å²) in [6.45, 7) is 19.7. The summed E-state index contributed by atoms with van der Waals surface area (Å²) in [4.78, 5) is 15.4. The Bertz CT molecular complexity index is 1340. The third kappa shape index (κ3) is 6.20. The van der Waals surface area contributed by atoms with Gasteiger partial charge in [0.05, 0.1) is 5.69 Å². The molecular weight excluding hydrogens is 494 g/mol. The number of rotatable bonds is 5. The first-order valence-corrected chi connectivity index (χ1v) is 12.9. The van der Waals surface area contributed by atoms with E-state index in [0.29, 0.717) is 6.67 Å².